The molecule has 0 bridgehead atoms. The monoisotopic (exact) mass is 369 g/mol. The third-order valence-electron chi connectivity index (χ3n) is 4.14. The molecule has 6 nitrogen and oxygen atoms in total. The van der Waals surface area contributed by atoms with Gasteiger partial charge in [0, 0.05) is 12.1 Å². The Morgan fingerprint density at radius 2 is 1.89 bits per heavy atom. The van der Waals surface area contributed by atoms with E-state index < -0.39 is 0 Å². The van der Waals surface area contributed by atoms with E-state index >= 15 is 0 Å². The minimum Gasteiger partial charge on any atom is -0.459 e. The van der Waals surface area contributed by atoms with Gasteiger partial charge in [0.05, 0.1) is 12.0 Å². The quantitative estimate of drug-likeness (QED) is 0.361. The summed E-state index contributed by atoms with van der Waals surface area (Å²) in [6.07, 6.45) is 7.47. The molecule has 2 N–H and O–H groups in total. The lowest BCUT2D eigenvalue weighted by Gasteiger charge is -2.07. The van der Waals surface area contributed by atoms with Gasteiger partial charge in [-0.3, -0.25) is 9.59 Å². The average Bonchev–Trinajstić information content (AvgIpc) is 3.21. The largest absolute Gasteiger partial charge is 0.459 e. The molecule has 1 aromatic carbocycles. The minimum absolute atomic E-state index is 0.0758. The van der Waals surface area contributed by atoms with Gasteiger partial charge in [-0.2, -0.15) is 5.10 Å². The van der Waals surface area contributed by atoms with Gasteiger partial charge in [0.15, 0.2) is 5.76 Å². The van der Waals surface area contributed by atoms with Crippen LogP contribution in [0.15, 0.2) is 52.2 Å². The van der Waals surface area contributed by atoms with Crippen LogP contribution in [0.2, 0.25) is 0 Å². The smallest absolute Gasteiger partial charge is 0.291 e. The number of hydrazone groups is 1. The molecule has 0 aliphatic rings. The van der Waals surface area contributed by atoms with Crippen LogP contribution in [0.3, 0.4) is 0 Å². The number of carbonyl (C=O) groups is 2. The van der Waals surface area contributed by atoms with Crippen LogP contribution in [0, 0.1) is 0 Å². The summed E-state index contributed by atoms with van der Waals surface area (Å²) in [4.78, 5) is 23.9. The Morgan fingerprint density at radius 1 is 1.07 bits per heavy atom. The Bertz CT molecular complexity index is 767. The zero-order valence-corrected chi connectivity index (χ0v) is 16.0. The standard InChI is InChI=1S/C21H27N3O3/c1-3-4-5-6-7-13-20(25)24-23-16(2)17-10-8-11-18(15-17)22-21(26)19-12-9-14-27-19/h8-12,14-15H,3-7,13H2,1-2H3,(H,22,26)(H,24,25)/b23-16+. The number of carbonyl (C=O) groups excluding carboxylic acids is 2. The number of nitrogens with zero attached hydrogens (tertiary/aromatic N) is 1. The number of amides is 2. The maximum Gasteiger partial charge on any atom is 0.291 e. The molecule has 0 aliphatic carbocycles. The molecule has 2 rings (SSSR count). The highest BCUT2D eigenvalue weighted by Gasteiger charge is 2.09. The number of benzene rings is 1. The Labute approximate surface area is 160 Å². The molecule has 27 heavy (non-hydrogen) atoms. The Kier molecular flexibility index (Phi) is 8.29. The number of furan rings is 1. The minimum atomic E-state index is -0.317. The molecule has 0 fully saturated rings. The van der Waals surface area contributed by atoms with Crippen molar-refractivity contribution in [2.45, 2.75) is 52.4 Å². The Hall–Kier alpha value is -2.89. The van der Waals surface area contributed by atoms with E-state index in [9.17, 15) is 9.59 Å². The summed E-state index contributed by atoms with van der Waals surface area (Å²) in [5.74, 6) is -0.145. The topological polar surface area (TPSA) is 83.7 Å². The van der Waals surface area contributed by atoms with Crippen molar-refractivity contribution in [1.29, 1.82) is 0 Å². The van der Waals surface area contributed by atoms with Crippen LogP contribution in [0.4, 0.5) is 5.69 Å². The first kappa shape index (κ1) is 20.4. The Balaban J connectivity index is 1.86. The summed E-state index contributed by atoms with van der Waals surface area (Å²) in [6.45, 7) is 3.98. The zero-order chi connectivity index (χ0) is 19.5. The fourth-order valence-corrected chi connectivity index (χ4v) is 2.58. The van der Waals surface area contributed by atoms with Gasteiger partial charge in [0.2, 0.25) is 5.91 Å². The first-order chi connectivity index (χ1) is 13.1. The Morgan fingerprint density at radius 3 is 2.63 bits per heavy atom. The number of hydrogen-bond donors (Lipinski definition) is 2. The van der Waals surface area contributed by atoms with Gasteiger partial charge in [-0.25, -0.2) is 5.43 Å². The van der Waals surface area contributed by atoms with Crippen molar-refractivity contribution in [3.8, 4) is 0 Å². The molecule has 0 saturated heterocycles. The summed E-state index contributed by atoms with van der Waals surface area (Å²) in [5, 5.41) is 6.94. The van der Waals surface area contributed by atoms with E-state index in [2.05, 4.69) is 22.8 Å². The highest BCUT2D eigenvalue weighted by molar-refractivity contribution is 6.04. The van der Waals surface area contributed by atoms with Gasteiger partial charge in [-0.05, 0) is 43.2 Å². The van der Waals surface area contributed by atoms with Crippen LogP contribution >= 0.6 is 0 Å². The summed E-state index contributed by atoms with van der Waals surface area (Å²) in [7, 11) is 0. The molecular weight excluding hydrogens is 342 g/mol. The summed E-state index contributed by atoms with van der Waals surface area (Å²) < 4.78 is 5.08. The van der Waals surface area contributed by atoms with Crippen LogP contribution in [0.5, 0.6) is 0 Å². The normalized spacial score (nSPS) is 11.3. The molecule has 0 saturated carbocycles. The number of anilines is 1. The second-order valence-electron chi connectivity index (χ2n) is 6.41. The van der Waals surface area contributed by atoms with Crippen molar-refractivity contribution >= 4 is 23.2 Å². The summed E-state index contributed by atoms with van der Waals surface area (Å²) >= 11 is 0. The molecule has 0 unspecified atom stereocenters. The lowest BCUT2D eigenvalue weighted by molar-refractivity contribution is -0.121. The van der Waals surface area contributed by atoms with Crippen molar-refractivity contribution in [3.05, 3.63) is 54.0 Å². The van der Waals surface area contributed by atoms with Crippen LogP contribution in [-0.2, 0) is 4.79 Å². The lowest BCUT2D eigenvalue weighted by Crippen LogP contribution is -2.19. The third-order valence-corrected chi connectivity index (χ3v) is 4.14. The third kappa shape index (κ3) is 7.09. The van der Waals surface area contributed by atoms with Crippen molar-refractivity contribution in [2.75, 3.05) is 5.32 Å². The van der Waals surface area contributed by atoms with Gasteiger partial charge in [-0.1, -0.05) is 44.7 Å². The summed E-state index contributed by atoms with van der Waals surface area (Å²) in [5.41, 5.74) is 4.72. The van der Waals surface area contributed by atoms with Crippen molar-refractivity contribution < 1.29 is 14.0 Å². The number of unbranched alkanes of at least 4 members (excludes halogenated alkanes) is 4. The molecular formula is C21H27N3O3. The lowest BCUT2D eigenvalue weighted by atomic mass is 10.1. The molecule has 2 aromatic rings. The van der Waals surface area contributed by atoms with E-state index in [-0.39, 0.29) is 17.6 Å². The van der Waals surface area contributed by atoms with E-state index in [0.717, 1.165) is 18.4 Å². The average molecular weight is 369 g/mol. The fourth-order valence-electron chi connectivity index (χ4n) is 2.58. The van der Waals surface area contributed by atoms with Crippen LogP contribution in [-0.4, -0.2) is 17.5 Å². The molecule has 0 atom stereocenters. The van der Waals surface area contributed by atoms with Crippen molar-refractivity contribution in [1.82, 2.24) is 5.43 Å². The van der Waals surface area contributed by atoms with Crippen LogP contribution in [0.1, 0.15) is 68.5 Å². The van der Waals surface area contributed by atoms with Gasteiger partial charge < -0.3 is 9.73 Å². The van der Waals surface area contributed by atoms with Gasteiger partial charge in [0.1, 0.15) is 0 Å². The predicted octanol–water partition coefficient (Wildman–Crippen LogP) is 4.73. The SMILES string of the molecule is CCCCCCCC(=O)N/N=C(\C)c1cccc(NC(=O)c2ccco2)c1. The maximum absolute atomic E-state index is 12.0. The highest BCUT2D eigenvalue weighted by atomic mass is 16.3. The molecule has 144 valence electrons. The predicted molar refractivity (Wildman–Crippen MR) is 107 cm³/mol. The molecule has 1 aromatic heterocycles. The number of rotatable bonds is 10. The highest BCUT2D eigenvalue weighted by Crippen LogP contribution is 2.13. The number of nitrogens with one attached hydrogen (secondary N) is 2. The number of hydrogen-bond acceptors (Lipinski definition) is 4. The van der Waals surface area contributed by atoms with E-state index in [4.69, 9.17) is 4.42 Å². The van der Waals surface area contributed by atoms with Crippen molar-refractivity contribution in [2.24, 2.45) is 5.10 Å². The van der Waals surface area contributed by atoms with Crippen molar-refractivity contribution in [3.63, 3.8) is 0 Å². The van der Waals surface area contributed by atoms with Gasteiger partial charge >= 0.3 is 0 Å². The molecule has 1 heterocycles. The molecule has 2 amide bonds. The molecule has 0 spiro atoms. The fraction of sp³-hybridized carbons (Fsp3) is 0.381. The molecule has 0 radical (unpaired) electrons. The van der Waals surface area contributed by atoms with E-state index in [1.165, 1.54) is 25.5 Å². The zero-order valence-electron chi connectivity index (χ0n) is 16.0. The van der Waals surface area contributed by atoms with E-state index in [1.807, 2.05) is 19.1 Å². The first-order valence-electron chi connectivity index (χ1n) is 9.38. The molecule has 0 aliphatic heterocycles. The first-order valence-corrected chi connectivity index (χ1v) is 9.38. The van der Waals surface area contributed by atoms with Gasteiger partial charge in [-0.15, -0.1) is 0 Å². The second kappa shape index (κ2) is 11.0. The van der Waals surface area contributed by atoms with E-state index in [1.54, 1.807) is 24.3 Å². The summed E-state index contributed by atoms with van der Waals surface area (Å²) in [6, 6.07) is 10.5. The molecule has 6 heteroatoms. The van der Waals surface area contributed by atoms with Gasteiger partial charge in [0.25, 0.3) is 5.91 Å². The van der Waals surface area contributed by atoms with E-state index in [0.29, 0.717) is 17.8 Å². The van der Waals surface area contributed by atoms with Crippen LogP contribution in [0.25, 0.3) is 0 Å². The second-order valence-corrected chi connectivity index (χ2v) is 6.41. The van der Waals surface area contributed by atoms with Crippen LogP contribution < -0.4 is 10.7 Å². The maximum atomic E-state index is 12.0.